The molecule has 25 heavy (non-hydrogen) atoms. The number of hydrogen-bond acceptors (Lipinski definition) is 4. The predicted molar refractivity (Wildman–Crippen MR) is 96.4 cm³/mol. The van der Waals surface area contributed by atoms with Crippen LogP contribution in [0, 0.1) is 13.8 Å². The molecular formula is C20H26O5. The quantitative estimate of drug-likeness (QED) is 0.754. The first kappa shape index (κ1) is 19.2. The zero-order valence-corrected chi connectivity index (χ0v) is 14.7. The Morgan fingerprint density at radius 1 is 0.760 bits per heavy atom. The van der Waals surface area contributed by atoms with E-state index >= 15 is 0 Å². The van der Waals surface area contributed by atoms with Crippen molar-refractivity contribution in [1.82, 2.24) is 0 Å². The van der Waals surface area contributed by atoms with E-state index < -0.39 is 0 Å². The first-order chi connectivity index (χ1) is 11.7. The smallest absolute Gasteiger partial charge is 0.122 e. The highest BCUT2D eigenvalue weighted by Gasteiger charge is 2.23. The van der Waals surface area contributed by atoms with Crippen molar-refractivity contribution in [2.75, 3.05) is 26.4 Å². The van der Waals surface area contributed by atoms with Crippen molar-refractivity contribution in [2.24, 2.45) is 0 Å². The Kier molecular flexibility index (Phi) is 7.25. The van der Waals surface area contributed by atoms with E-state index in [9.17, 15) is 0 Å². The topological polar surface area (TPSA) is 75.0 Å². The Morgan fingerprint density at radius 3 is 1.44 bits per heavy atom. The second-order valence-electron chi connectivity index (χ2n) is 6.06. The highest BCUT2D eigenvalue weighted by Crippen LogP contribution is 2.19. The molecule has 2 aromatic rings. The van der Waals surface area contributed by atoms with Crippen molar-refractivity contribution in [1.29, 1.82) is 0 Å². The first-order valence-corrected chi connectivity index (χ1v) is 8.32. The van der Waals surface area contributed by atoms with Crippen LogP contribution in [0.2, 0.25) is 0 Å². The fourth-order valence-electron chi connectivity index (χ4n) is 2.13. The van der Waals surface area contributed by atoms with Gasteiger partial charge in [-0.3, -0.25) is 0 Å². The average molecular weight is 346 g/mol. The van der Waals surface area contributed by atoms with Crippen LogP contribution in [0.15, 0.2) is 48.5 Å². The SMILES string of the molecule is Cc1ccccc1OCC1CO1.Cc1ccccc1OCC1CO1.O. The summed E-state index contributed by atoms with van der Waals surface area (Å²) in [5.41, 5.74) is 2.36. The molecule has 2 heterocycles. The zero-order valence-electron chi connectivity index (χ0n) is 14.7. The number of aryl methyl sites for hydroxylation is 2. The zero-order chi connectivity index (χ0) is 16.8. The van der Waals surface area contributed by atoms with Gasteiger partial charge in [0.2, 0.25) is 0 Å². The maximum Gasteiger partial charge on any atom is 0.122 e. The number of ether oxygens (including phenoxy) is 4. The lowest BCUT2D eigenvalue weighted by atomic mass is 10.2. The first-order valence-electron chi connectivity index (χ1n) is 8.32. The summed E-state index contributed by atoms with van der Waals surface area (Å²) in [6.07, 6.45) is 0.675. The van der Waals surface area contributed by atoms with Crippen LogP contribution in [0.5, 0.6) is 11.5 Å². The van der Waals surface area contributed by atoms with Gasteiger partial charge in [-0.25, -0.2) is 0 Å². The van der Waals surface area contributed by atoms with Gasteiger partial charge >= 0.3 is 0 Å². The van der Waals surface area contributed by atoms with Gasteiger partial charge in [-0.2, -0.15) is 0 Å². The lowest BCUT2D eigenvalue weighted by Gasteiger charge is -2.06. The summed E-state index contributed by atoms with van der Waals surface area (Å²) in [5, 5.41) is 0. The average Bonchev–Trinajstić information content (AvgIpc) is 3.48. The van der Waals surface area contributed by atoms with Crippen molar-refractivity contribution in [2.45, 2.75) is 26.1 Å². The van der Waals surface area contributed by atoms with Crippen molar-refractivity contribution < 1.29 is 24.4 Å². The van der Waals surface area contributed by atoms with Crippen LogP contribution in [0.25, 0.3) is 0 Å². The molecule has 0 aliphatic carbocycles. The van der Waals surface area contributed by atoms with Gasteiger partial charge < -0.3 is 24.4 Å². The molecule has 2 aliphatic heterocycles. The molecule has 0 bridgehead atoms. The molecule has 2 unspecified atom stereocenters. The summed E-state index contributed by atoms with van der Waals surface area (Å²) in [4.78, 5) is 0. The molecule has 5 heteroatoms. The molecule has 5 nitrogen and oxygen atoms in total. The molecule has 0 radical (unpaired) electrons. The van der Waals surface area contributed by atoms with E-state index in [-0.39, 0.29) is 5.48 Å². The number of benzene rings is 2. The number of para-hydroxylation sites is 2. The molecule has 136 valence electrons. The van der Waals surface area contributed by atoms with Crippen molar-refractivity contribution in [3.05, 3.63) is 59.7 Å². The molecule has 2 aromatic carbocycles. The minimum Gasteiger partial charge on any atom is -0.491 e. The largest absolute Gasteiger partial charge is 0.491 e. The van der Waals surface area contributed by atoms with Crippen LogP contribution >= 0.6 is 0 Å². The van der Waals surface area contributed by atoms with Gasteiger partial charge in [-0.15, -0.1) is 0 Å². The lowest BCUT2D eigenvalue weighted by molar-refractivity contribution is 0.262. The molecule has 2 aliphatic rings. The third kappa shape index (κ3) is 6.74. The van der Waals surface area contributed by atoms with Gasteiger partial charge in [-0.1, -0.05) is 36.4 Å². The van der Waals surface area contributed by atoms with E-state index in [2.05, 4.69) is 0 Å². The third-order valence-corrected chi connectivity index (χ3v) is 3.84. The molecule has 4 rings (SSSR count). The molecular weight excluding hydrogens is 320 g/mol. The van der Waals surface area contributed by atoms with Gasteiger partial charge in [-0.05, 0) is 37.1 Å². The summed E-state index contributed by atoms with van der Waals surface area (Å²) in [6, 6.07) is 16.0. The molecule has 0 amide bonds. The molecule has 2 saturated heterocycles. The van der Waals surface area contributed by atoms with E-state index in [1.165, 1.54) is 11.1 Å². The van der Waals surface area contributed by atoms with Gasteiger partial charge in [0.05, 0.1) is 13.2 Å². The molecule has 2 atom stereocenters. The van der Waals surface area contributed by atoms with E-state index in [4.69, 9.17) is 18.9 Å². The monoisotopic (exact) mass is 346 g/mol. The normalized spacial score (nSPS) is 19.8. The van der Waals surface area contributed by atoms with Gasteiger partial charge in [0, 0.05) is 0 Å². The second-order valence-corrected chi connectivity index (χ2v) is 6.06. The van der Waals surface area contributed by atoms with Crippen LogP contribution in [0.4, 0.5) is 0 Å². The molecule has 2 fully saturated rings. The third-order valence-electron chi connectivity index (χ3n) is 3.84. The van der Waals surface area contributed by atoms with Gasteiger partial charge in [0.15, 0.2) is 0 Å². The molecule has 0 aromatic heterocycles. The summed E-state index contributed by atoms with van der Waals surface area (Å²) in [7, 11) is 0. The highest BCUT2D eigenvalue weighted by atomic mass is 16.6. The van der Waals surface area contributed by atoms with Crippen molar-refractivity contribution in [3.8, 4) is 11.5 Å². The fraction of sp³-hybridized carbons (Fsp3) is 0.400. The molecule has 0 saturated carbocycles. The van der Waals surface area contributed by atoms with E-state index in [0.717, 1.165) is 24.7 Å². The lowest BCUT2D eigenvalue weighted by Crippen LogP contribution is -2.04. The van der Waals surface area contributed by atoms with Crippen molar-refractivity contribution in [3.63, 3.8) is 0 Å². The van der Waals surface area contributed by atoms with E-state index in [1.807, 2.05) is 62.4 Å². The van der Waals surface area contributed by atoms with E-state index in [0.29, 0.717) is 25.4 Å². The minimum atomic E-state index is 0. The van der Waals surface area contributed by atoms with Crippen LogP contribution < -0.4 is 9.47 Å². The van der Waals surface area contributed by atoms with E-state index in [1.54, 1.807) is 0 Å². The Labute approximate surface area is 148 Å². The predicted octanol–water partition coefficient (Wildman–Crippen LogP) is 2.72. The standard InChI is InChI=1S/2C10H12O2.H2O/c2*1-8-4-2-3-5-10(8)12-7-9-6-11-9;/h2*2-5,9H,6-7H2,1H3;1H2. The number of hydrogen-bond donors (Lipinski definition) is 0. The summed E-state index contributed by atoms with van der Waals surface area (Å²) >= 11 is 0. The number of epoxide rings is 2. The Morgan fingerprint density at radius 2 is 1.12 bits per heavy atom. The molecule has 2 N–H and O–H groups in total. The Balaban J connectivity index is 0.000000173. The highest BCUT2D eigenvalue weighted by molar-refractivity contribution is 5.32. The Bertz CT molecular complexity index is 593. The maximum atomic E-state index is 5.54. The summed E-state index contributed by atoms with van der Waals surface area (Å²) in [5.74, 6) is 1.93. The second kappa shape index (κ2) is 9.42. The van der Waals surface area contributed by atoms with Crippen LogP contribution in [-0.2, 0) is 9.47 Å². The summed E-state index contributed by atoms with van der Waals surface area (Å²) < 4.78 is 21.2. The van der Waals surface area contributed by atoms with Crippen LogP contribution in [0.1, 0.15) is 11.1 Å². The fourth-order valence-corrected chi connectivity index (χ4v) is 2.13. The number of rotatable bonds is 6. The molecule has 0 spiro atoms. The summed E-state index contributed by atoms with van der Waals surface area (Å²) in [6.45, 7) is 7.17. The maximum absolute atomic E-state index is 5.54. The Hall–Kier alpha value is -2.08. The van der Waals surface area contributed by atoms with Crippen LogP contribution in [-0.4, -0.2) is 44.1 Å². The van der Waals surface area contributed by atoms with Gasteiger partial charge in [0.25, 0.3) is 0 Å². The van der Waals surface area contributed by atoms with Crippen molar-refractivity contribution >= 4 is 0 Å². The van der Waals surface area contributed by atoms with Crippen LogP contribution in [0.3, 0.4) is 0 Å². The van der Waals surface area contributed by atoms with Gasteiger partial charge in [0.1, 0.15) is 36.9 Å². The minimum absolute atomic E-state index is 0.